The van der Waals surface area contributed by atoms with Crippen LogP contribution in [0, 0.1) is 0 Å². The Kier molecular flexibility index (Phi) is 4.74. The molecule has 0 spiro atoms. The second-order valence-corrected chi connectivity index (χ2v) is 3.95. The number of allylic oxidation sites excluding steroid dienone is 1. The van der Waals surface area contributed by atoms with Crippen molar-refractivity contribution in [3.8, 4) is 0 Å². The Bertz CT molecular complexity index is 220. The Labute approximate surface area is 86.9 Å². The lowest BCUT2D eigenvalue weighted by atomic mass is 10.1. The van der Waals surface area contributed by atoms with Crippen molar-refractivity contribution >= 4 is 0 Å². The van der Waals surface area contributed by atoms with E-state index < -0.39 is 0 Å². The van der Waals surface area contributed by atoms with E-state index >= 15 is 0 Å². The molecule has 1 rings (SSSR count). The van der Waals surface area contributed by atoms with Crippen LogP contribution in [0.2, 0.25) is 0 Å². The standard InChI is InChI=1S/C12H21NO/c1-11(2)13-8-3-5-12(7-9-13)6-4-10-14/h5,14H,1,3-4,6-10H2,2H3. The third-order valence-electron chi connectivity index (χ3n) is 2.73. The van der Waals surface area contributed by atoms with Crippen molar-refractivity contribution in [1.29, 1.82) is 0 Å². The molecule has 0 aromatic carbocycles. The Balaban J connectivity index is 2.37. The molecule has 0 radical (unpaired) electrons. The summed E-state index contributed by atoms with van der Waals surface area (Å²) in [6.45, 7) is 8.53. The molecule has 0 saturated heterocycles. The van der Waals surface area contributed by atoms with E-state index in [0.717, 1.165) is 38.8 Å². The van der Waals surface area contributed by atoms with E-state index in [1.54, 1.807) is 0 Å². The van der Waals surface area contributed by atoms with Crippen LogP contribution in [0.4, 0.5) is 0 Å². The van der Waals surface area contributed by atoms with Gasteiger partial charge in [-0.15, -0.1) is 0 Å². The highest BCUT2D eigenvalue weighted by Gasteiger charge is 2.08. The third-order valence-corrected chi connectivity index (χ3v) is 2.73. The van der Waals surface area contributed by atoms with Gasteiger partial charge in [-0.2, -0.15) is 0 Å². The summed E-state index contributed by atoms with van der Waals surface area (Å²) in [5.41, 5.74) is 2.67. The van der Waals surface area contributed by atoms with Crippen LogP contribution < -0.4 is 0 Å². The topological polar surface area (TPSA) is 23.5 Å². The van der Waals surface area contributed by atoms with Crippen LogP contribution in [-0.2, 0) is 0 Å². The van der Waals surface area contributed by atoms with Gasteiger partial charge in [-0.25, -0.2) is 0 Å². The summed E-state index contributed by atoms with van der Waals surface area (Å²) in [5.74, 6) is 0. The zero-order chi connectivity index (χ0) is 10.4. The molecule has 14 heavy (non-hydrogen) atoms. The average molecular weight is 195 g/mol. The Morgan fingerprint density at radius 2 is 2.36 bits per heavy atom. The molecular formula is C12H21NO. The molecule has 80 valence electrons. The van der Waals surface area contributed by atoms with Gasteiger partial charge >= 0.3 is 0 Å². The second kappa shape index (κ2) is 5.86. The molecule has 1 N–H and O–H groups in total. The van der Waals surface area contributed by atoms with Gasteiger partial charge < -0.3 is 10.0 Å². The SMILES string of the molecule is C=C(C)N1CCC=C(CCCO)CC1. The normalized spacial score (nSPS) is 17.6. The van der Waals surface area contributed by atoms with Crippen molar-refractivity contribution in [2.75, 3.05) is 19.7 Å². The van der Waals surface area contributed by atoms with E-state index in [0.29, 0.717) is 6.61 Å². The maximum atomic E-state index is 8.76. The smallest absolute Gasteiger partial charge is 0.0434 e. The fraction of sp³-hybridized carbons (Fsp3) is 0.667. The fourth-order valence-corrected chi connectivity index (χ4v) is 1.83. The fourth-order valence-electron chi connectivity index (χ4n) is 1.83. The lowest BCUT2D eigenvalue weighted by molar-refractivity contribution is 0.287. The maximum Gasteiger partial charge on any atom is 0.0434 e. The summed E-state index contributed by atoms with van der Waals surface area (Å²) >= 11 is 0. The Hall–Kier alpha value is -0.760. The summed E-state index contributed by atoms with van der Waals surface area (Å²) in [6, 6.07) is 0. The molecule has 0 bridgehead atoms. The molecule has 0 aromatic rings. The zero-order valence-corrected chi connectivity index (χ0v) is 9.13. The molecule has 1 heterocycles. The molecule has 0 amide bonds. The number of aliphatic hydroxyl groups excluding tert-OH is 1. The van der Waals surface area contributed by atoms with Gasteiger partial charge in [0, 0.05) is 25.4 Å². The van der Waals surface area contributed by atoms with Crippen molar-refractivity contribution in [1.82, 2.24) is 4.90 Å². The quantitative estimate of drug-likeness (QED) is 0.696. The predicted octanol–water partition coefficient (Wildman–Crippen LogP) is 2.31. The van der Waals surface area contributed by atoms with Gasteiger partial charge in [-0.1, -0.05) is 18.2 Å². The first-order valence-electron chi connectivity index (χ1n) is 5.43. The van der Waals surface area contributed by atoms with Crippen LogP contribution in [0.3, 0.4) is 0 Å². The lowest BCUT2D eigenvalue weighted by Gasteiger charge is -2.22. The minimum atomic E-state index is 0.307. The van der Waals surface area contributed by atoms with Crippen LogP contribution >= 0.6 is 0 Å². The molecule has 0 unspecified atom stereocenters. The predicted molar refractivity (Wildman–Crippen MR) is 60.0 cm³/mol. The van der Waals surface area contributed by atoms with Crippen molar-refractivity contribution in [3.63, 3.8) is 0 Å². The highest BCUT2D eigenvalue weighted by molar-refractivity contribution is 5.06. The number of hydrogen-bond acceptors (Lipinski definition) is 2. The average Bonchev–Trinajstić information content (AvgIpc) is 2.39. The molecule has 0 aliphatic carbocycles. The molecule has 1 aliphatic heterocycles. The van der Waals surface area contributed by atoms with E-state index in [2.05, 4.69) is 24.5 Å². The molecular weight excluding hydrogens is 174 g/mol. The van der Waals surface area contributed by atoms with Gasteiger partial charge in [-0.05, 0) is 32.6 Å². The summed E-state index contributed by atoms with van der Waals surface area (Å²) in [5, 5.41) is 8.76. The molecule has 1 aliphatic rings. The number of hydrogen-bond donors (Lipinski definition) is 1. The van der Waals surface area contributed by atoms with Crippen LogP contribution in [0.15, 0.2) is 23.9 Å². The van der Waals surface area contributed by atoms with Crippen molar-refractivity contribution in [2.45, 2.75) is 32.6 Å². The first-order valence-corrected chi connectivity index (χ1v) is 5.43. The molecule has 0 saturated carbocycles. The number of rotatable bonds is 4. The van der Waals surface area contributed by atoms with E-state index in [1.165, 1.54) is 11.3 Å². The van der Waals surface area contributed by atoms with Crippen molar-refractivity contribution < 1.29 is 5.11 Å². The minimum absolute atomic E-state index is 0.307. The van der Waals surface area contributed by atoms with E-state index in [4.69, 9.17) is 5.11 Å². The lowest BCUT2D eigenvalue weighted by Crippen LogP contribution is -2.22. The summed E-state index contributed by atoms with van der Waals surface area (Å²) in [7, 11) is 0. The number of aliphatic hydroxyl groups is 1. The monoisotopic (exact) mass is 195 g/mol. The van der Waals surface area contributed by atoms with Gasteiger partial charge in [-0.3, -0.25) is 0 Å². The first-order chi connectivity index (χ1) is 6.74. The van der Waals surface area contributed by atoms with Crippen LogP contribution in [0.25, 0.3) is 0 Å². The summed E-state index contributed by atoms with van der Waals surface area (Å²) in [6.07, 6.45) is 6.54. The Morgan fingerprint density at radius 1 is 1.57 bits per heavy atom. The van der Waals surface area contributed by atoms with Gasteiger partial charge in [0.2, 0.25) is 0 Å². The Morgan fingerprint density at radius 3 is 3.00 bits per heavy atom. The number of nitrogens with zero attached hydrogens (tertiary/aromatic N) is 1. The summed E-state index contributed by atoms with van der Waals surface area (Å²) in [4.78, 5) is 2.34. The second-order valence-electron chi connectivity index (χ2n) is 3.95. The van der Waals surface area contributed by atoms with Gasteiger partial charge in [0.15, 0.2) is 0 Å². The van der Waals surface area contributed by atoms with Gasteiger partial charge in [0.1, 0.15) is 0 Å². The molecule has 2 nitrogen and oxygen atoms in total. The van der Waals surface area contributed by atoms with E-state index in [9.17, 15) is 0 Å². The third kappa shape index (κ3) is 3.54. The van der Waals surface area contributed by atoms with Gasteiger partial charge in [0.25, 0.3) is 0 Å². The first kappa shape index (κ1) is 11.3. The van der Waals surface area contributed by atoms with Crippen LogP contribution in [0.1, 0.15) is 32.6 Å². The molecule has 2 heteroatoms. The largest absolute Gasteiger partial charge is 0.396 e. The van der Waals surface area contributed by atoms with Gasteiger partial charge in [0.05, 0.1) is 0 Å². The minimum Gasteiger partial charge on any atom is -0.396 e. The van der Waals surface area contributed by atoms with Crippen LogP contribution in [0.5, 0.6) is 0 Å². The molecule has 0 aromatic heterocycles. The van der Waals surface area contributed by atoms with Crippen molar-refractivity contribution in [2.24, 2.45) is 0 Å². The van der Waals surface area contributed by atoms with E-state index in [1.807, 2.05) is 0 Å². The zero-order valence-electron chi connectivity index (χ0n) is 9.13. The van der Waals surface area contributed by atoms with Crippen LogP contribution in [-0.4, -0.2) is 29.7 Å². The summed E-state index contributed by atoms with van der Waals surface area (Å²) < 4.78 is 0. The molecule has 0 fully saturated rings. The van der Waals surface area contributed by atoms with Crippen molar-refractivity contribution in [3.05, 3.63) is 23.9 Å². The molecule has 0 atom stereocenters. The highest BCUT2D eigenvalue weighted by Crippen LogP contribution is 2.17. The highest BCUT2D eigenvalue weighted by atomic mass is 16.2. The van der Waals surface area contributed by atoms with E-state index in [-0.39, 0.29) is 0 Å². The maximum absolute atomic E-state index is 8.76.